The van der Waals surface area contributed by atoms with Crippen LogP contribution in [0.25, 0.3) is 0 Å². The molecule has 42 heavy (non-hydrogen) atoms. The number of carboxylic acids is 1. The summed E-state index contributed by atoms with van der Waals surface area (Å²) in [5.41, 5.74) is -0.0780. The summed E-state index contributed by atoms with van der Waals surface area (Å²) in [6, 6.07) is 15.4. The molecule has 0 radical (unpaired) electrons. The number of nitrogens with zero attached hydrogens (tertiary/aromatic N) is 3. The van der Waals surface area contributed by atoms with Crippen molar-refractivity contribution in [2.24, 2.45) is 0 Å². The minimum atomic E-state index is -4.70. The van der Waals surface area contributed by atoms with Crippen LogP contribution in [-0.4, -0.2) is 40.2 Å². The van der Waals surface area contributed by atoms with E-state index in [1.54, 1.807) is 0 Å². The number of benzene rings is 3. The number of carbonyl (C=O) groups excluding carboxylic acids is 3. The molecule has 0 fully saturated rings. The van der Waals surface area contributed by atoms with Gasteiger partial charge >= 0.3 is 18.2 Å². The van der Waals surface area contributed by atoms with Crippen LogP contribution in [0.3, 0.4) is 0 Å². The number of carbonyl (C=O) groups is 4. The zero-order chi connectivity index (χ0) is 30.8. The first kappa shape index (κ1) is 29.5. The Bertz CT molecular complexity index is 1640. The lowest BCUT2D eigenvalue weighted by molar-refractivity contribution is -0.137. The first-order valence-electron chi connectivity index (χ1n) is 12.4. The van der Waals surface area contributed by atoms with Gasteiger partial charge in [-0.1, -0.05) is 18.2 Å². The van der Waals surface area contributed by atoms with E-state index in [1.807, 2.05) is 6.07 Å². The third-order valence-electron chi connectivity index (χ3n) is 6.64. The highest BCUT2D eigenvalue weighted by Crippen LogP contribution is 2.41. The number of halogens is 3. The van der Waals surface area contributed by atoms with Gasteiger partial charge < -0.3 is 15.3 Å². The number of ketones is 1. The summed E-state index contributed by atoms with van der Waals surface area (Å²) in [4.78, 5) is 53.4. The molecule has 0 saturated carbocycles. The molecule has 2 N–H and O–H groups in total. The Kier molecular flexibility index (Phi) is 8.15. The highest BCUT2D eigenvalue weighted by molar-refractivity contribution is 6.06. The van der Waals surface area contributed by atoms with E-state index >= 15 is 0 Å². The molecule has 9 nitrogen and oxygen atoms in total. The highest BCUT2D eigenvalue weighted by Gasteiger charge is 2.42. The molecule has 3 amide bonds. The molecule has 3 aromatic rings. The lowest BCUT2D eigenvalue weighted by Gasteiger charge is -2.43. The van der Waals surface area contributed by atoms with E-state index in [-0.39, 0.29) is 28.2 Å². The fourth-order valence-corrected chi connectivity index (χ4v) is 4.73. The smallest absolute Gasteiger partial charge is 0.416 e. The molecule has 3 aromatic carbocycles. The van der Waals surface area contributed by atoms with Crippen molar-refractivity contribution >= 4 is 35.1 Å². The second-order valence-electron chi connectivity index (χ2n) is 9.42. The molecular formula is C30H23F3N4O5. The number of hydrogen-bond acceptors (Lipinski definition) is 5. The Morgan fingerprint density at radius 1 is 1.02 bits per heavy atom. The van der Waals surface area contributed by atoms with Crippen LogP contribution in [0.2, 0.25) is 0 Å². The Hall–Kier alpha value is -5.44. The van der Waals surface area contributed by atoms with Crippen molar-refractivity contribution in [3.8, 4) is 6.07 Å². The molecule has 0 saturated heterocycles. The SMILES string of the molecule is CC(=O)C1=C(C)N(c2cccc(C(F)(F)F)c2)C(=O)N(CC(=O)Nc2ccc(C(=O)O)cc2)C1c1ccc(C#N)cc1. The van der Waals surface area contributed by atoms with Crippen LogP contribution < -0.4 is 10.2 Å². The number of carboxylic acid groups (broad SMARTS) is 1. The van der Waals surface area contributed by atoms with Gasteiger partial charge in [0.2, 0.25) is 5.91 Å². The zero-order valence-corrected chi connectivity index (χ0v) is 22.3. The highest BCUT2D eigenvalue weighted by atomic mass is 19.4. The largest absolute Gasteiger partial charge is 0.478 e. The molecule has 4 rings (SSSR count). The average molecular weight is 577 g/mol. The van der Waals surface area contributed by atoms with Crippen LogP contribution in [0.5, 0.6) is 0 Å². The molecular weight excluding hydrogens is 553 g/mol. The third-order valence-corrected chi connectivity index (χ3v) is 6.64. The van der Waals surface area contributed by atoms with E-state index in [1.165, 1.54) is 68.4 Å². The van der Waals surface area contributed by atoms with Crippen LogP contribution in [0.4, 0.5) is 29.3 Å². The molecule has 1 unspecified atom stereocenters. The number of anilines is 2. The number of rotatable bonds is 7. The topological polar surface area (TPSA) is 131 Å². The zero-order valence-electron chi connectivity index (χ0n) is 22.3. The normalized spacial score (nSPS) is 15.3. The minimum Gasteiger partial charge on any atom is -0.478 e. The average Bonchev–Trinajstić information content (AvgIpc) is 2.94. The molecule has 1 aliphatic heterocycles. The summed E-state index contributed by atoms with van der Waals surface area (Å²) in [7, 11) is 0. The van der Waals surface area contributed by atoms with E-state index in [0.29, 0.717) is 11.1 Å². The lowest BCUT2D eigenvalue weighted by atomic mass is 9.90. The van der Waals surface area contributed by atoms with E-state index in [9.17, 15) is 37.6 Å². The number of alkyl halides is 3. The second-order valence-corrected chi connectivity index (χ2v) is 9.42. The van der Waals surface area contributed by atoms with Gasteiger partial charge in [-0.15, -0.1) is 0 Å². The van der Waals surface area contributed by atoms with E-state index in [4.69, 9.17) is 5.11 Å². The number of amides is 3. The summed E-state index contributed by atoms with van der Waals surface area (Å²) in [6.07, 6.45) is -4.70. The van der Waals surface area contributed by atoms with Crippen molar-refractivity contribution in [2.45, 2.75) is 26.1 Å². The maximum atomic E-state index is 14.0. The number of allylic oxidation sites excluding steroid dienone is 1. The van der Waals surface area contributed by atoms with E-state index < -0.39 is 48.0 Å². The van der Waals surface area contributed by atoms with E-state index in [0.717, 1.165) is 28.0 Å². The van der Waals surface area contributed by atoms with Crippen molar-refractivity contribution in [1.29, 1.82) is 5.26 Å². The maximum Gasteiger partial charge on any atom is 0.416 e. The monoisotopic (exact) mass is 576 g/mol. The molecule has 1 atom stereocenters. The van der Waals surface area contributed by atoms with Crippen LogP contribution >= 0.6 is 0 Å². The second kappa shape index (κ2) is 11.6. The standard InChI is InChI=1S/C30H23F3N4O5/c1-17-26(18(2)38)27(20-8-6-19(15-34)7-9-20)36(16-25(39)35-23-12-10-21(11-13-23)28(40)41)29(42)37(17)24-5-3-4-22(14-24)30(31,32)33/h3-14,27H,16H2,1-2H3,(H,35,39)(H,40,41). The fourth-order valence-electron chi connectivity index (χ4n) is 4.73. The Morgan fingerprint density at radius 3 is 2.21 bits per heavy atom. The number of hydrogen-bond donors (Lipinski definition) is 2. The van der Waals surface area contributed by atoms with Crippen LogP contribution in [0.15, 0.2) is 84.1 Å². The molecule has 0 aliphatic carbocycles. The molecule has 214 valence electrons. The van der Waals surface area contributed by atoms with Gasteiger partial charge in [0, 0.05) is 17.0 Å². The lowest BCUT2D eigenvalue weighted by Crippen LogP contribution is -2.52. The predicted octanol–water partition coefficient (Wildman–Crippen LogP) is 5.76. The maximum absolute atomic E-state index is 14.0. The number of nitriles is 1. The van der Waals surface area contributed by atoms with Gasteiger partial charge in [-0.3, -0.25) is 14.5 Å². The molecule has 1 aliphatic rings. The van der Waals surface area contributed by atoms with Crippen LogP contribution in [0, 0.1) is 11.3 Å². The van der Waals surface area contributed by atoms with Gasteiger partial charge in [0.15, 0.2) is 5.78 Å². The molecule has 1 heterocycles. The van der Waals surface area contributed by atoms with Gasteiger partial charge in [0.1, 0.15) is 6.54 Å². The van der Waals surface area contributed by atoms with Gasteiger partial charge in [-0.2, -0.15) is 18.4 Å². The molecule has 0 bridgehead atoms. The summed E-state index contributed by atoms with van der Waals surface area (Å²) in [5.74, 6) is -2.36. The molecule has 12 heteroatoms. The van der Waals surface area contributed by atoms with Crippen molar-refractivity contribution in [3.63, 3.8) is 0 Å². The van der Waals surface area contributed by atoms with Crippen molar-refractivity contribution in [2.75, 3.05) is 16.8 Å². The number of aromatic carboxylic acids is 1. The van der Waals surface area contributed by atoms with Gasteiger partial charge in [0.05, 0.1) is 34.5 Å². The number of Topliss-reactive ketones (excluding diaryl/α,β-unsaturated/α-hetero) is 1. The molecule has 0 aromatic heterocycles. The Balaban J connectivity index is 1.81. The third kappa shape index (κ3) is 6.00. The van der Waals surface area contributed by atoms with Gasteiger partial charge in [0.25, 0.3) is 0 Å². The summed E-state index contributed by atoms with van der Waals surface area (Å²) < 4.78 is 40.5. The summed E-state index contributed by atoms with van der Waals surface area (Å²) in [5, 5.41) is 20.9. The summed E-state index contributed by atoms with van der Waals surface area (Å²) in [6.45, 7) is 2.06. The fraction of sp³-hybridized carbons (Fsp3) is 0.167. The van der Waals surface area contributed by atoms with Crippen molar-refractivity contribution < 1.29 is 37.5 Å². The first-order valence-corrected chi connectivity index (χ1v) is 12.4. The Morgan fingerprint density at radius 2 is 1.67 bits per heavy atom. The first-order chi connectivity index (χ1) is 19.8. The quantitative estimate of drug-likeness (QED) is 0.368. The Labute approximate surface area is 238 Å². The number of nitrogens with one attached hydrogen (secondary N) is 1. The van der Waals surface area contributed by atoms with Crippen LogP contribution in [0.1, 0.15) is 46.9 Å². The van der Waals surface area contributed by atoms with Crippen LogP contribution in [-0.2, 0) is 15.8 Å². The minimum absolute atomic E-state index is 0.0106. The van der Waals surface area contributed by atoms with Crippen molar-refractivity contribution in [1.82, 2.24) is 4.90 Å². The van der Waals surface area contributed by atoms with Crippen molar-refractivity contribution in [3.05, 3.63) is 106 Å². The molecule has 0 spiro atoms. The summed E-state index contributed by atoms with van der Waals surface area (Å²) >= 11 is 0. The number of urea groups is 1. The van der Waals surface area contributed by atoms with E-state index in [2.05, 4.69) is 5.32 Å². The van der Waals surface area contributed by atoms with Gasteiger partial charge in [-0.25, -0.2) is 9.59 Å². The van der Waals surface area contributed by atoms with Gasteiger partial charge in [-0.05, 0) is 74.0 Å². The predicted molar refractivity (Wildman–Crippen MR) is 145 cm³/mol.